The van der Waals surface area contributed by atoms with Crippen LogP contribution in [-0.4, -0.2) is 27.7 Å². The highest BCUT2D eigenvalue weighted by Gasteiger charge is 2.07. The first-order valence-corrected chi connectivity index (χ1v) is 6.69. The normalized spacial score (nSPS) is 10.6. The summed E-state index contributed by atoms with van der Waals surface area (Å²) in [4.78, 5) is 19.0. The highest BCUT2D eigenvalue weighted by molar-refractivity contribution is 7.21. The Kier molecular flexibility index (Phi) is 3.30. The third-order valence-corrected chi connectivity index (χ3v) is 3.72. The molecule has 3 rings (SSSR count). The molecule has 0 fully saturated rings. The molecule has 0 spiro atoms. The SMILES string of the molecule is O=C(O)COc1ccc2nc(-c3ccncc3)sc2c1. The summed E-state index contributed by atoms with van der Waals surface area (Å²) < 4.78 is 6.12. The number of nitrogens with zero attached hydrogens (tertiary/aromatic N) is 2. The fourth-order valence-corrected chi connectivity index (χ4v) is 2.76. The molecule has 100 valence electrons. The first-order valence-electron chi connectivity index (χ1n) is 5.88. The summed E-state index contributed by atoms with van der Waals surface area (Å²) in [5.74, 6) is -0.461. The Bertz CT molecular complexity index is 755. The van der Waals surface area contributed by atoms with Crippen LogP contribution < -0.4 is 4.74 Å². The van der Waals surface area contributed by atoms with Crippen molar-refractivity contribution >= 4 is 27.5 Å². The average Bonchev–Trinajstić information content (AvgIpc) is 2.89. The summed E-state index contributed by atoms with van der Waals surface area (Å²) in [6, 6.07) is 9.16. The largest absolute Gasteiger partial charge is 0.482 e. The maximum absolute atomic E-state index is 10.5. The molecule has 0 amide bonds. The molecule has 0 unspecified atom stereocenters. The van der Waals surface area contributed by atoms with Crippen molar-refractivity contribution in [2.75, 3.05) is 6.61 Å². The van der Waals surface area contributed by atoms with Gasteiger partial charge >= 0.3 is 5.97 Å². The van der Waals surface area contributed by atoms with Crippen molar-refractivity contribution in [3.63, 3.8) is 0 Å². The standard InChI is InChI=1S/C14H10N2O3S/c17-13(18)8-19-10-1-2-11-12(7-10)20-14(16-11)9-3-5-15-6-4-9/h1-7H,8H2,(H,17,18). The lowest BCUT2D eigenvalue weighted by molar-refractivity contribution is -0.139. The molecule has 0 saturated carbocycles. The second kappa shape index (κ2) is 5.26. The maximum atomic E-state index is 10.5. The second-order valence-corrected chi connectivity index (χ2v) is 5.10. The van der Waals surface area contributed by atoms with Gasteiger partial charge in [-0.3, -0.25) is 4.98 Å². The molecule has 5 nitrogen and oxygen atoms in total. The summed E-state index contributed by atoms with van der Waals surface area (Å²) in [6.45, 7) is -0.346. The topological polar surface area (TPSA) is 72.3 Å². The molecule has 0 saturated heterocycles. The molecule has 0 aliphatic carbocycles. The molecule has 2 aromatic heterocycles. The number of fused-ring (bicyclic) bond motifs is 1. The van der Waals surface area contributed by atoms with Crippen molar-refractivity contribution in [3.8, 4) is 16.3 Å². The molecular weight excluding hydrogens is 276 g/mol. The van der Waals surface area contributed by atoms with E-state index in [4.69, 9.17) is 9.84 Å². The Labute approximate surface area is 118 Å². The van der Waals surface area contributed by atoms with E-state index < -0.39 is 5.97 Å². The highest BCUT2D eigenvalue weighted by atomic mass is 32.1. The molecular formula is C14H10N2O3S. The van der Waals surface area contributed by atoms with Gasteiger partial charge in [-0.1, -0.05) is 0 Å². The van der Waals surface area contributed by atoms with E-state index >= 15 is 0 Å². The Morgan fingerprint density at radius 2 is 2.05 bits per heavy atom. The molecule has 0 radical (unpaired) electrons. The van der Waals surface area contributed by atoms with Crippen LogP contribution in [0, 0.1) is 0 Å². The molecule has 0 aliphatic heterocycles. The smallest absolute Gasteiger partial charge is 0.341 e. The van der Waals surface area contributed by atoms with Crippen molar-refractivity contribution in [2.45, 2.75) is 0 Å². The lowest BCUT2D eigenvalue weighted by atomic mass is 10.3. The number of carboxylic acid groups (broad SMARTS) is 1. The molecule has 20 heavy (non-hydrogen) atoms. The number of thiazole rings is 1. The van der Waals surface area contributed by atoms with E-state index in [1.54, 1.807) is 24.5 Å². The predicted octanol–water partition coefficient (Wildman–Crippen LogP) is 2.82. The molecule has 0 bridgehead atoms. The van der Waals surface area contributed by atoms with Crippen LogP contribution in [0.1, 0.15) is 0 Å². The molecule has 1 aromatic carbocycles. The number of hydrogen-bond acceptors (Lipinski definition) is 5. The average molecular weight is 286 g/mol. The zero-order chi connectivity index (χ0) is 13.9. The van der Waals surface area contributed by atoms with Gasteiger partial charge in [-0.25, -0.2) is 9.78 Å². The van der Waals surface area contributed by atoms with E-state index in [9.17, 15) is 4.79 Å². The van der Waals surface area contributed by atoms with Crippen molar-refractivity contribution in [1.82, 2.24) is 9.97 Å². The first-order chi connectivity index (χ1) is 9.72. The summed E-state index contributed by atoms with van der Waals surface area (Å²) >= 11 is 1.53. The van der Waals surface area contributed by atoms with Gasteiger partial charge in [0.05, 0.1) is 10.2 Å². The minimum Gasteiger partial charge on any atom is -0.482 e. The van der Waals surface area contributed by atoms with E-state index in [0.29, 0.717) is 5.75 Å². The second-order valence-electron chi connectivity index (χ2n) is 4.07. The molecule has 0 aliphatic rings. The van der Waals surface area contributed by atoms with Crippen LogP contribution >= 0.6 is 11.3 Å². The number of ether oxygens (including phenoxy) is 1. The number of aromatic nitrogens is 2. The molecule has 1 N–H and O–H groups in total. The summed E-state index contributed by atoms with van der Waals surface area (Å²) in [5.41, 5.74) is 1.87. The van der Waals surface area contributed by atoms with Crippen LogP contribution in [0.3, 0.4) is 0 Å². The van der Waals surface area contributed by atoms with Crippen molar-refractivity contribution < 1.29 is 14.6 Å². The third kappa shape index (κ3) is 2.60. The van der Waals surface area contributed by atoms with E-state index in [1.165, 1.54) is 11.3 Å². The van der Waals surface area contributed by atoms with E-state index in [1.807, 2.05) is 18.2 Å². The summed E-state index contributed by atoms with van der Waals surface area (Å²) in [6.07, 6.45) is 3.45. The van der Waals surface area contributed by atoms with Crippen LogP contribution in [0.15, 0.2) is 42.7 Å². The van der Waals surface area contributed by atoms with Gasteiger partial charge in [0.15, 0.2) is 6.61 Å². The van der Waals surface area contributed by atoms with Crippen LogP contribution in [-0.2, 0) is 4.79 Å². The third-order valence-electron chi connectivity index (χ3n) is 2.65. The van der Waals surface area contributed by atoms with E-state index in [0.717, 1.165) is 20.8 Å². The molecule has 6 heteroatoms. The number of rotatable bonds is 4. The quantitative estimate of drug-likeness (QED) is 0.798. The van der Waals surface area contributed by atoms with Gasteiger partial charge in [-0.2, -0.15) is 0 Å². The number of aliphatic carboxylic acids is 1. The van der Waals surface area contributed by atoms with Gasteiger partial charge in [-0.05, 0) is 30.3 Å². The Morgan fingerprint density at radius 1 is 1.25 bits per heavy atom. The number of carbonyl (C=O) groups is 1. The fourth-order valence-electron chi connectivity index (χ4n) is 1.76. The zero-order valence-corrected chi connectivity index (χ0v) is 11.1. The van der Waals surface area contributed by atoms with Gasteiger partial charge in [0.2, 0.25) is 0 Å². The minimum absolute atomic E-state index is 0.346. The first kappa shape index (κ1) is 12.6. The van der Waals surface area contributed by atoms with Gasteiger partial charge < -0.3 is 9.84 Å². The lowest BCUT2D eigenvalue weighted by Crippen LogP contribution is -2.09. The summed E-state index contributed by atoms with van der Waals surface area (Å²) in [7, 11) is 0. The van der Waals surface area contributed by atoms with Gasteiger partial charge in [-0.15, -0.1) is 11.3 Å². The highest BCUT2D eigenvalue weighted by Crippen LogP contribution is 2.31. The maximum Gasteiger partial charge on any atom is 0.341 e. The number of hydrogen-bond donors (Lipinski definition) is 1. The Hall–Kier alpha value is -2.47. The Morgan fingerprint density at radius 3 is 2.80 bits per heavy atom. The monoisotopic (exact) mass is 286 g/mol. The van der Waals surface area contributed by atoms with Crippen LogP contribution in [0.2, 0.25) is 0 Å². The molecule has 3 aromatic rings. The van der Waals surface area contributed by atoms with Gasteiger partial charge in [0, 0.05) is 18.0 Å². The number of pyridine rings is 1. The number of benzene rings is 1. The van der Waals surface area contributed by atoms with Crippen LogP contribution in [0.5, 0.6) is 5.75 Å². The zero-order valence-electron chi connectivity index (χ0n) is 10.3. The van der Waals surface area contributed by atoms with Gasteiger partial charge in [0.25, 0.3) is 0 Å². The van der Waals surface area contributed by atoms with Crippen molar-refractivity contribution in [3.05, 3.63) is 42.7 Å². The number of carboxylic acids is 1. The van der Waals surface area contributed by atoms with Crippen molar-refractivity contribution in [1.29, 1.82) is 0 Å². The summed E-state index contributed by atoms with van der Waals surface area (Å²) in [5, 5.41) is 9.50. The predicted molar refractivity (Wildman–Crippen MR) is 76.0 cm³/mol. The molecule has 2 heterocycles. The lowest BCUT2D eigenvalue weighted by Gasteiger charge is -2.01. The van der Waals surface area contributed by atoms with E-state index in [-0.39, 0.29) is 6.61 Å². The van der Waals surface area contributed by atoms with Crippen LogP contribution in [0.25, 0.3) is 20.8 Å². The molecule has 0 atom stereocenters. The minimum atomic E-state index is -0.994. The van der Waals surface area contributed by atoms with Gasteiger partial charge in [0.1, 0.15) is 10.8 Å². The van der Waals surface area contributed by atoms with Crippen molar-refractivity contribution in [2.24, 2.45) is 0 Å². The fraction of sp³-hybridized carbons (Fsp3) is 0.0714. The Balaban J connectivity index is 1.93. The van der Waals surface area contributed by atoms with E-state index in [2.05, 4.69) is 9.97 Å². The van der Waals surface area contributed by atoms with Crippen LogP contribution in [0.4, 0.5) is 0 Å².